The summed E-state index contributed by atoms with van der Waals surface area (Å²) in [6.45, 7) is 15.0. The van der Waals surface area contributed by atoms with Gasteiger partial charge in [0.05, 0.1) is 23.7 Å². The molecule has 0 saturated carbocycles. The van der Waals surface area contributed by atoms with Gasteiger partial charge in [-0.1, -0.05) is 53.7 Å². The average Bonchev–Trinajstić information content (AvgIpc) is 2.83. The Morgan fingerprint density at radius 2 is 1.51 bits per heavy atom. The number of rotatable bonds is 6. The van der Waals surface area contributed by atoms with E-state index in [1.54, 1.807) is 25.1 Å². The third kappa shape index (κ3) is 7.18. The summed E-state index contributed by atoms with van der Waals surface area (Å²) in [5.74, 6) is -1.15. The molecule has 37 heavy (non-hydrogen) atoms. The Hall–Kier alpha value is -2.75. The number of carbonyl (C=O) groups excluding carboxylic acids is 2. The van der Waals surface area contributed by atoms with E-state index in [1.807, 2.05) is 0 Å². The Labute approximate surface area is 220 Å². The number of nitrogens with zero attached hydrogens (tertiary/aromatic N) is 1. The van der Waals surface area contributed by atoms with E-state index in [9.17, 15) is 18.0 Å². The molecule has 0 unspecified atom stereocenters. The van der Waals surface area contributed by atoms with Gasteiger partial charge in [-0.3, -0.25) is 4.79 Å². The van der Waals surface area contributed by atoms with Crippen LogP contribution in [0.4, 0.5) is 5.69 Å². The zero-order valence-corrected chi connectivity index (χ0v) is 23.6. The van der Waals surface area contributed by atoms with Crippen LogP contribution in [0.25, 0.3) is 0 Å². The second-order valence-corrected chi connectivity index (χ2v) is 13.4. The first-order chi connectivity index (χ1) is 17.1. The molecule has 0 aromatic heterocycles. The summed E-state index contributed by atoms with van der Waals surface area (Å²) in [6.07, 6.45) is 0. The highest BCUT2D eigenvalue weighted by Gasteiger charge is 2.27. The van der Waals surface area contributed by atoms with Crippen molar-refractivity contribution in [3.63, 3.8) is 0 Å². The number of hydrogen-bond donors (Lipinski definition) is 1. The van der Waals surface area contributed by atoms with Gasteiger partial charge >= 0.3 is 5.97 Å². The number of hydrogen-bond acceptors (Lipinski definition) is 6. The molecule has 1 aliphatic heterocycles. The summed E-state index contributed by atoms with van der Waals surface area (Å²) in [5, 5.41) is 2.68. The van der Waals surface area contributed by atoms with E-state index in [-0.39, 0.29) is 28.8 Å². The standard InChI is InChI=1S/C28H38N2O6S/c1-19-8-9-23(37(33,34)30-10-12-35-13-11-30)17-24(19)29-25(31)18-36-26(32)20-14-21(27(2,3)4)16-22(15-20)28(5,6)7/h8-9,14-17H,10-13,18H2,1-7H3,(H,29,31). The zero-order chi connectivity index (χ0) is 27.6. The highest BCUT2D eigenvalue weighted by molar-refractivity contribution is 7.89. The minimum absolute atomic E-state index is 0.0843. The predicted molar refractivity (Wildman–Crippen MR) is 144 cm³/mol. The quantitative estimate of drug-likeness (QED) is 0.555. The van der Waals surface area contributed by atoms with Gasteiger partial charge in [0, 0.05) is 18.8 Å². The lowest BCUT2D eigenvalue weighted by Gasteiger charge is -2.26. The van der Waals surface area contributed by atoms with Gasteiger partial charge in [0.15, 0.2) is 6.61 Å². The number of amides is 1. The number of ether oxygens (including phenoxy) is 2. The maximum absolute atomic E-state index is 13.0. The predicted octanol–water partition coefficient (Wildman–Crippen LogP) is 4.41. The molecular weight excluding hydrogens is 492 g/mol. The zero-order valence-electron chi connectivity index (χ0n) is 22.8. The molecule has 3 rings (SSSR count). The van der Waals surface area contributed by atoms with Crippen LogP contribution in [-0.4, -0.2) is 57.5 Å². The molecule has 2 aromatic carbocycles. The van der Waals surface area contributed by atoms with Crippen LogP contribution in [-0.2, 0) is 35.1 Å². The fraction of sp³-hybridized carbons (Fsp3) is 0.500. The summed E-state index contributed by atoms with van der Waals surface area (Å²) in [4.78, 5) is 25.6. The fourth-order valence-electron chi connectivity index (χ4n) is 3.84. The Morgan fingerprint density at radius 1 is 0.946 bits per heavy atom. The van der Waals surface area contributed by atoms with Gasteiger partial charge in [-0.2, -0.15) is 4.31 Å². The summed E-state index contributed by atoms with van der Waals surface area (Å²) in [5.41, 5.74) is 3.10. The number of esters is 1. The van der Waals surface area contributed by atoms with Gasteiger partial charge in [0.25, 0.3) is 5.91 Å². The molecule has 2 aromatic rings. The number of benzene rings is 2. The van der Waals surface area contributed by atoms with Gasteiger partial charge in [0.1, 0.15) is 0 Å². The van der Waals surface area contributed by atoms with Gasteiger partial charge in [-0.15, -0.1) is 0 Å². The molecule has 1 N–H and O–H groups in total. The maximum atomic E-state index is 13.0. The van der Waals surface area contributed by atoms with Crippen LogP contribution in [0.3, 0.4) is 0 Å². The lowest BCUT2D eigenvalue weighted by Crippen LogP contribution is -2.40. The topological polar surface area (TPSA) is 102 Å². The van der Waals surface area contributed by atoms with Crippen molar-refractivity contribution >= 4 is 27.6 Å². The number of sulfonamides is 1. The summed E-state index contributed by atoms with van der Waals surface area (Å²) in [6, 6.07) is 10.3. The monoisotopic (exact) mass is 530 g/mol. The highest BCUT2D eigenvalue weighted by Crippen LogP contribution is 2.30. The molecule has 1 fully saturated rings. The van der Waals surface area contributed by atoms with Gasteiger partial charge in [-0.25, -0.2) is 13.2 Å². The van der Waals surface area contributed by atoms with Crippen molar-refractivity contribution < 1.29 is 27.5 Å². The number of nitrogens with one attached hydrogen (secondary N) is 1. The first-order valence-electron chi connectivity index (χ1n) is 12.4. The molecular formula is C28H38N2O6S. The van der Waals surface area contributed by atoms with E-state index < -0.39 is 28.5 Å². The van der Waals surface area contributed by atoms with Crippen molar-refractivity contribution in [2.45, 2.75) is 64.2 Å². The van der Waals surface area contributed by atoms with Crippen LogP contribution in [0.5, 0.6) is 0 Å². The minimum Gasteiger partial charge on any atom is -0.452 e. The first-order valence-corrected chi connectivity index (χ1v) is 13.8. The van der Waals surface area contributed by atoms with E-state index in [1.165, 1.54) is 16.4 Å². The normalized spacial score (nSPS) is 15.3. The third-order valence-electron chi connectivity index (χ3n) is 6.33. The lowest BCUT2D eigenvalue weighted by atomic mass is 9.79. The molecule has 0 bridgehead atoms. The van der Waals surface area contributed by atoms with Gasteiger partial charge in [0.2, 0.25) is 10.0 Å². The van der Waals surface area contributed by atoms with E-state index in [4.69, 9.17) is 9.47 Å². The van der Waals surface area contributed by atoms with Crippen LogP contribution >= 0.6 is 0 Å². The van der Waals surface area contributed by atoms with Crippen molar-refractivity contribution in [2.75, 3.05) is 38.2 Å². The van der Waals surface area contributed by atoms with Crippen LogP contribution in [0.2, 0.25) is 0 Å². The minimum atomic E-state index is -3.71. The van der Waals surface area contributed by atoms with E-state index >= 15 is 0 Å². The molecule has 0 spiro atoms. The first kappa shape index (κ1) is 28.8. The summed E-state index contributed by atoms with van der Waals surface area (Å²) < 4.78 is 37.9. The molecule has 1 saturated heterocycles. The van der Waals surface area contributed by atoms with Crippen molar-refractivity contribution in [3.8, 4) is 0 Å². The van der Waals surface area contributed by atoms with Crippen molar-refractivity contribution in [1.29, 1.82) is 0 Å². The Kier molecular flexibility index (Phi) is 8.51. The Bertz CT molecular complexity index is 1230. The largest absolute Gasteiger partial charge is 0.452 e. The average molecular weight is 531 g/mol. The molecule has 202 valence electrons. The number of carbonyl (C=O) groups is 2. The smallest absolute Gasteiger partial charge is 0.338 e. The second kappa shape index (κ2) is 10.9. The molecule has 1 heterocycles. The van der Waals surface area contributed by atoms with E-state index in [0.29, 0.717) is 30.0 Å². The molecule has 1 amide bonds. The maximum Gasteiger partial charge on any atom is 0.338 e. The van der Waals surface area contributed by atoms with Crippen molar-refractivity contribution in [1.82, 2.24) is 4.31 Å². The molecule has 9 heteroatoms. The fourth-order valence-corrected chi connectivity index (χ4v) is 5.28. The SMILES string of the molecule is Cc1ccc(S(=O)(=O)N2CCOCC2)cc1NC(=O)COC(=O)c1cc(C(C)(C)C)cc(C(C)(C)C)c1. The molecule has 1 aliphatic rings. The third-order valence-corrected chi connectivity index (χ3v) is 8.22. The van der Waals surface area contributed by atoms with E-state index in [2.05, 4.69) is 52.9 Å². The summed E-state index contributed by atoms with van der Waals surface area (Å²) in [7, 11) is -3.71. The Balaban J connectivity index is 1.73. The molecule has 8 nitrogen and oxygen atoms in total. The van der Waals surface area contributed by atoms with Crippen molar-refractivity contribution in [2.24, 2.45) is 0 Å². The second-order valence-electron chi connectivity index (χ2n) is 11.4. The highest BCUT2D eigenvalue weighted by atomic mass is 32.2. The van der Waals surface area contributed by atoms with Gasteiger partial charge in [-0.05, 0) is 58.7 Å². The van der Waals surface area contributed by atoms with Crippen molar-refractivity contribution in [3.05, 3.63) is 58.7 Å². The van der Waals surface area contributed by atoms with Gasteiger partial charge < -0.3 is 14.8 Å². The van der Waals surface area contributed by atoms with Crippen LogP contribution < -0.4 is 5.32 Å². The van der Waals surface area contributed by atoms with Crippen LogP contribution in [0, 0.1) is 6.92 Å². The van der Waals surface area contributed by atoms with E-state index in [0.717, 1.165) is 11.1 Å². The summed E-state index contributed by atoms with van der Waals surface area (Å²) >= 11 is 0. The molecule has 0 aliphatic carbocycles. The van der Waals surface area contributed by atoms with Crippen LogP contribution in [0.1, 0.15) is 68.6 Å². The Morgan fingerprint density at radius 3 is 2.05 bits per heavy atom. The number of aryl methyl sites for hydroxylation is 1. The molecule has 0 atom stereocenters. The molecule has 0 radical (unpaired) electrons. The number of morpholine rings is 1. The van der Waals surface area contributed by atoms with Crippen LogP contribution in [0.15, 0.2) is 41.3 Å². The lowest BCUT2D eigenvalue weighted by molar-refractivity contribution is -0.119. The number of anilines is 1.